The Morgan fingerprint density at radius 3 is 2.41 bits per heavy atom. The molecule has 1 unspecified atom stereocenters. The standard InChI is InChI=1S/C34H42/c1-22-15-23(2)31(18-26-11-8-7-9-12-26)33(16-22)29-14-10-13-28-17-27(20-32(28)29)19-30-24(3)21-34(5,6)25(30)4/h10,13-17,26,30H,3-4,7-9,11-12,18-21H2,1-2,5-6H3. The van der Waals surface area contributed by atoms with Crippen LogP contribution in [-0.4, -0.2) is 0 Å². The molecule has 0 heterocycles. The molecule has 2 aromatic rings. The molecule has 0 amide bonds. The van der Waals surface area contributed by atoms with Gasteiger partial charge in [-0.3, -0.25) is 0 Å². The molecule has 0 N–H and O–H groups in total. The zero-order chi connectivity index (χ0) is 24.0. The molecule has 0 radical (unpaired) electrons. The molecule has 0 bridgehead atoms. The Bertz CT molecular complexity index is 1160. The van der Waals surface area contributed by atoms with Gasteiger partial charge in [-0.15, -0.1) is 0 Å². The molecule has 5 rings (SSSR count). The maximum absolute atomic E-state index is 4.49. The Hall–Kier alpha value is -2.34. The van der Waals surface area contributed by atoms with Crippen molar-refractivity contribution in [1.82, 2.24) is 0 Å². The van der Waals surface area contributed by atoms with Gasteiger partial charge in [-0.25, -0.2) is 0 Å². The fourth-order valence-electron chi connectivity index (χ4n) is 7.06. The summed E-state index contributed by atoms with van der Waals surface area (Å²) < 4.78 is 0. The van der Waals surface area contributed by atoms with Crippen molar-refractivity contribution in [2.75, 3.05) is 0 Å². The second-order valence-electron chi connectivity index (χ2n) is 12.2. The second-order valence-corrected chi connectivity index (χ2v) is 12.2. The Morgan fingerprint density at radius 1 is 0.941 bits per heavy atom. The van der Waals surface area contributed by atoms with Gasteiger partial charge in [0.25, 0.3) is 0 Å². The molecule has 178 valence electrons. The van der Waals surface area contributed by atoms with Gasteiger partial charge in [0.05, 0.1) is 0 Å². The lowest BCUT2D eigenvalue weighted by Crippen LogP contribution is -2.11. The first-order chi connectivity index (χ1) is 16.2. The molecular weight excluding hydrogens is 408 g/mol. The quantitative estimate of drug-likeness (QED) is 0.398. The van der Waals surface area contributed by atoms with Crippen LogP contribution in [0.15, 0.2) is 60.2 Å². The molecule has 0 aromatic heterocycles. The first-order valence-electron chi connectivity index (χ1n) is 13.5. The van der Waals surface area contributed by atoms with E-state index >= 15 is 0 Å². The Balaban J connectivity index is 1.45. The average molecular weight is 451 g/mol. The van der Waals surface area contributed by atoms with Crippen LogP contribution in [0.2, 0.25) is 0 Å². The number of fused-ring (bicyclic) bond motifs is 1. The third-order valence-corrected chi connectivity index (χ3v) is 9.02. The third kappa shape index (κ3) is 4.37. The molecule has 2 fully saturated rings. The van der Waals surface area contributed by atoms with E-state index < -0.39 is 0 Å². The van der Waals surface area contributed by atoms with Gasteiger partial charge in [0.1, 0.15) is 0 Å². The number of allylic oxidation sites excluding steroid dienone is 3. The summed E-state index contributed by atoms with van der Waals surface area (Å²) >= 11 is 0. The van der Waals surface area contributed by atoms with Crippen LogP contribution in [0.4, 0.5) is 0 Å². The molecule has 3 aliphatic carbocycles. The van der Waals surface area contributed by atoms with E-state index in [0.29, 0.717) is 5.92 Å². The highest BCUT2D eigenvalue weighted by Crippen LogP contribution is 2.51. The minimum absolute atomic E-state index is 0.187. The summed E-state index contributed by atoms with van der Waals surface area (Å²) in [5, 5.41) is 0. The van der Waals surface area contributed by atoms with Crippen LogP contribution in [0.5, 0.6) is 0 Å². The highest BCUT2D eigenvalue weighted by molar-refractivity contribution is 5.80. The first kappa shape index (κ1) is 23.4. The van der Waals surface area contributed by atoms with E-state index in [1.807, 2.05) is 0 Å². The normalized spacial score (nSPS) is 22.2. The summed E-state index contributed by atoms with van der Waals surface area (Å²) in [5.41, 5.74) is 14.8. The summed E-state index contributed by atoms with van der Waals surface area (Å²) in [5.74, 6) is 1.28. The molecule has 3 aliphatic rings. The zero-order valence-electron chi connectivity index (χ0n) is 21.9. The zero-order valence-corrected chi connectivity index (χ0v) is 21.9. The highest BCUT2D eigenvalue weighted by atomic mass is 14.4. The first-order valence-corrected chi connectivity index (χ1v) is 13.5. The van der Waals surface area contributed by atoms with Crippen LogP contribution in [0, 0.1) is 31.1 Å². The maximum atomic E-state index is 4.49. The summed E-state index contributed by atoms with van der Waals surface area (Å²) in [6.45, 7) is 18.2. The molecule has 2 aromatic carbocycles. The van der Waals surface area contributed by atoms with Crippen molar-refractivity contribution >= 4 is 6.08 Å². The molecule has 1 atom stereocenters. The summed E-state index contributed by atoms with van der Waals surface area (Å²) in [4.78, 5) is 0. The van der Waals surface area contributed by atoms with Crippen LogP contribution < -0.4 is 0 Å². The minimum Gasteiger partial charge on any atom is -0.0992 e. The van der Waals surface area contributed by atoms with Crippen molar-refractivity contribution in [1.29, 1.82) is 0 Å². The van der Waals surface area contributed by atoms with Crippen molar-refractivity contribution in [3.05, 3.63) is 88.0 Å². The SMILES string of the molecule is C=C1CC(C)(C)C(=C)C1CC1=Cc2cccc(-c3cc(C)cc(C)c3CC3CCCCC3)c2C1. The lowest BCUT2D eigenvalue weighted by molar-refractivity contribution is 0.356. The highest BCUT2D eigenvalue weighted by Gasteiger charge is 2.38. The van der Waals surface area contributed by atoms with E-state index in [1.165, 1.54) is 83.1 Å². The number of hydrogen-bond donors (Lipinski definition) is 0. The van der Waals surface area contributed by atoms with Crippen molar-refractivity contribution < 1.29 is 0 Å². The van der Waals surface area contributed by atoms with E-state index in [1.54, 1.807) is 11.1 Å². The molecule has 0 saturated heterocycles. The van der Waals surface area contributed by atoms with Crippen LogP contribution in [0.25, 0.3) is 17.2 Å². The predicted molar refractivity (Wildman–Crippen MR) is 148 cm³/mol. The van der Waals surface area contributed by atoms with Crippen molar-refractivity contribution in [3.8, 4) is 11.1 Å². The maximum Gasteiger partial charge on any atom is 0.00447 e. The molecule has 34 heavy (non-hydrogen) atoms. The monoisotopic (exact) mass is 450 g/mol. The van der Waals surface area contributed by atoms with Crippen LogP contribution >= 0.6 is 0 Å². The average Bonchev–Trinajstić information content (AvgIpc) is 3.29. The van der Waals surface area contributed by atoms with E-state index in [-0.39, 0.29) is 5.41 Å². The van der Waals surface area contributed by atoms with Crippen molar-refractivity contribution in [2.45, 2.75) is 85.5 Å². The van der Waals surface area contributed by atoms with Crippen molar-refractivity contribution in [2.24, 2.45) is 17.3 Å². The van der Waals surface area contributed by atoms with Gasteiger partial charge in [-0.1, -0.05) is 118 Å². The van der Waals surface area contributed by atoms with Crippen LogP contribution in [0.3, 0.4) is 0 Å². The van der Waals surface area contributed by atoms with E-state index in [0.717, 1.165) is 25.2 Å². The molecule has 0 spiro atoms. The third-order valence-electron chi connectivity index (χ3n) is 9.02. The van der Waals surface area contributed by atoms with Gasteiger partial charge in [-0.05, 0) is 84.2 Å². The van der Waals surface area contributed by atoms with E-state index in [4.69, 9.17) is 0 Å². The number of rotatable bonds is 5. The van der Waals surface area contributed by atoms with Gasteiger partial charge < -0.3 is 0 Å². The number of aryl methyl sites for hydroxylation is 2. The Morgan fingerprint density at radius 2 is 1.71 bits per heavy atom. The number of benzene rings is 2. The second kappa shape index (κ2) is 9.03. The Kier molecular flexibility index (Phi) is 6.21. The predicted octanol–water partition coefficient (Wildman–Crippen LogP) is 9.58. The molecule has 2 saturated carbocycles. The Labute approximate surface area is 207 Å². The largest absolute Gasteiger partial charge is 0.0992 e. The van der Waals surface area contributed by atoms with Crippen LogP contribution in [0.1, 0.15) is 86.6 Å². The smallest absolute Gasteiger partial charge is 0.00447 e. The summed E-state index contributed by atoms with van der Waals surface area (Å²) in [6, 6.07) is 11.8. The topological polar surface area (TPSA) is 0 Å². The van der Waals surface area contributed by atoms with E-state index in [2.05, 4.69) is 77.3 Å². The van der Waals surface area contributed by atoms with Crippen LogP contribution in [-0.2, 0) is 12.8 Å². The number of hydrogen-bond acceptors (Lipinski definition) is 0. The minimum atomic E-state index is 0.187. The van der Waals surface area contributed by atoms with Gasteiger partial charge in [0.15, 0.2) is 0 Å². The van der Waals surface area contributed by atoms with Gasteiger partial charge in [0.2, 0.25) is 0 Å². The molecule has 0 heteroatoms. The summed E-state index contributed by atoms with van der Waals surface area (Å²) in [6.07, 6.45) is 14.0. The van der Waals surface area contributed by atoms with Gasteiger partial charge in [0, 0.05) is 5.92 Å². The van der Waals surface area contributed by atoms with Crippen molar-refractivity contribution in [3.63, 3.8) is 0 Å². The lowest BCUT2D eigenvalue weighted by atomic mass is 9.80. The van der Waals surface area contributed by atoms with Gasteiger partial charge >= 0.3 is 0 Å². The summed E-state index contributed by atoms with van der Waals surface area (Å²) in [7, 11) is 0. The van der Waals surface area contributed by atoms with E-state index in [9.17, 15) is 0 Å². The lowest BCUT2D eigenvalue weighted by Gasteiger charge is -2.25. The molecule has 0 aliphatic heterocycles. The fraction of sp³-hybridized carbons (Fsp3) is 0.471. The van der Waals surface area contributed by atoms with Gasteiger partial charge in [-0.2, -0.15) is 0 Å². The molecular formula is C34H42. The molecule has 0 nitrogen and oxygen atoms in total. The fourth-order valence-corrected chi connectivity index (χ4v) is 7.06.